The van der Waals surface area contributed by atoms with Crippen LogP contribution in [0.15, 0.2) is 60.8 Å². The van der Waals surface area contributed by atoms with Gasteiger partial charge in [-0.05, 0) is 25.1 Å². The lowest BCUT2D eigenvalue weighted by molar-refractivity contribution is -0.137. The number of fused-ring (bicyclic) bond motifs is 1. The predicted molar refractivity (Wildman–Crippen MR) is 91.8 cm³/mol. The molecule has 0 atom stereocenters. The Labute approximate surface area is 147 Å². The van der Waals surface area contributed by atoms with Gasteiger partial charge in [-0.15, -0.1) is 0 Å². The minimum Gasteiger partial charge on any atom is -0.249 e. The van der Waals surface area contributed by atoms with Crippen molar-refractivity contribution in [1.82, 2.24) is 19.7 Å². The number of alkyl halides is 3. The second-order valence-electron chi connectivity index (χ2n) is 5.84. The maximum Gasteiger partial charge on any atom is 0.416 e. The number of halogens is 3. The lowest BCUT2D eigenvalue weighted by Crippen LogP contribution is -2.07. The quantitative estimate of drug-likeness (QED) is 0.519. The fourth-order valence-corrected chi connectivity index (χ4v) is 2.77. The normalized spacial score (nSPS) is 11.8. The van der Waals surface area contributed by atoms with E-state index in [2.05, 4.69) is 15.1 Å². The molecule has 4 aromatic rings. The molecule has 0 bridgehead atoms. The lowest BCUT2D eigenvalue weighted by Gasteiger charge is -2.09. The molecular formula is C19H13F3N4. The summed E-state index contributed by atoms with van der Waals surface area (Å²) in [5, 5.41) is 4.34. The van der Waals surface area contributed by atoms with Gasteiger partial charge in [0, 0.05) is 5.56 Å². The Hall–Kier alpha value is -3.22. The molecule has 4 nitrogen and oxygen atoms in total. The van der Waals surface area contributed by atoms with Crippen LogP contribution in [-0.4, -0.2) is 19.7 Å². The summed E-state index contributed by atoms with van der Waals surface area (Å²) in [6.07, 6.45) is -2.78. The van der Waals surface area contributed by atoms with E-state index in [4.69, 9.17) is 0 Å². The molecule has 130 valence electrons. The molecule has 0 aliphatic carbocycles. The molecule has 0 radical (unpaired) electrons. The number of nitrogens with zero attached hydrogens (tertiary/aromatic N) is 4. The molecule has 26 heavy (non-hydrogen) atoms. The summed E-state index contributed by atoms with van der Waals surface area (Å²) in [4.78, 5) is 9.00. The van der Waals surface area contributed by atoms with Crippen LogP contribution in [0.5, 0.6) is 0 Å². The molecule has 2 aromatic heterocycles. The minimum absolute atomic E-state index is 0.289. The smallest absolute Gasteiger partial charge is 0.249 e. The fraction of sp³-hybridized carbons (Fsp3) is 0.105. The predicted octanol–water partition coefficient (Wildman–Crippen LogP) is 4.81. The summed E-state index contributed by atoms with van der Waals surface area (Å²) in [6, 6.07) is 14.5. The first-order chi connectivity index (χ1) is 12.4. The third kappa shape index (κ3) is 2.81. The molecule has 0 aliphatic rings. The van der Waals surface area contributed by atoms with Gasteiger partial charge < -0.3 is 0 Å². The van der Waals surface area contributed by atoms with E-state index >= 15 is 0 Å². The van der Waals surface area contributed by atoms with Crippen LogP contribution in [0.2, 0.25) is 0 Å². The Bertz CT molecular complexity index is 1090. The van der Waals surface area contributed by atoms with Gasteiger partial charge >= 0.3 is 6.18 Å². The van der Waals surface area contributed by atoms with Crippen LogP contribution in [0.3, 0.4) is 0 Å². The first-order valence-corrected chi connectivity index (χ1v) is 7.89. The van der Waals surface area contributed by atoms with E-state index in [9.17, 15) is 13.2 Å². The highest BCUT2D eigenvalue weighted by molar-refractivity contribution is 5.78. The molecule has 0 saturated carbocycles. The Morgan fingerprint density at radius 3 is 2.46 bits per heavy atom. The van der Waals surface area contributed by atoms with E-state index in [0.29, 0.717) is 22.6 Å². The van der Waals surface area contributed by atoms with Gasteiger partial charge in [-0.3, -0.25) is 0 Å². The first kappa shape index (κ1) is 16.3. The highest BCUT2D eigenvalue weighted by Gasteiger charge is 2.30. The molecule has 2 heterocycles. The Morgan fingerprint density at radius 1 is 0.962 bits per heavy atom. The van der Waals surface area contributed by atoms with Crippen molar-refractivity contribution in [3.63, 3.8) is 0 Å². The second kappa shape index (κ2) is 5.94. The molecule has 2 aromatic carbocycles. The highest BCUT2D eigenvalue weighted by Crippen LogP contribution is 2.31. The number of aromatic nitrogens is 4. The molecular weight excluding hydrogens is 341 g/mol. The van der Waals surface area contributed by atoms with E-state index in [1.807, 2.05) is 30.3 Å². The van der Waals surface area contributed by atoms with Crippen molar-refractivity contribution < 1.29 is 13.2 Å². The van der Waals surface area contributed by atoms with Gasteiger partial charge in [0.05, 0.1) is 28.8 Å². The Morgan fingerprint density at radius 2 is 1.73 bits per heavy atom. The molecule has 0 amide bonds. The van der Waals surface area contributed by atoms with Crippen molar-refractivity contribution in [2.75, 3.05) is 0 Å². The number of benzene rings is 2. The Balaban J connectivity index is 1.91. The van der Waals surface area contributed by atoms with E-state index in [0.717, 1.165) is 17.7 Å². The van der Waals surface area contributed by atoms with Gasteiger partial charge in [0.1, 0.15) is 5.52 Å². The number of hydrogen-bond acceptors (Lipinski definition) is 3. The Kier molecular flexibility index (Phi) is 3.72. The highest BCUT2D eigenvalue weighted by atomic mass is 19.4. The van der Waals surface area contributed by atoms with Crippen LogP contribution >= 0.6 is 0 Å². The first-order valence-electron chi connectivity index (χ1n) is 7.89. The molecule has 0 saturated heterocycles. The molecule has 0 N–H and O–H groups in total. The van der Waals surface area contributed by atoms with Crippen LogP contribution in [0, 0.1) is 6.92 Å². The standard InChI is InChI=1S/C19H13F3N4/c1-12-17-18(24-16(11-23-17)13-6-3-2-4-7-13)26(25-12)15-9-5-8-14(10-15)19(20,21)22/h2-11H,1H3. The average molecular weight is 354 g/mol. The summed E-state index contributed by atoms with van der Waals surface area (Å²) < 4.78 is 40.5. The number of hydrogen-bond donors (Lipinski definition) is 0. The van der Waals surface area contributed by atoms with E-state index in [-0.39, 0.29) is 5.69 Å². The molecule has 7 heteroatoms. The monoisotopic (exact) mass is 354 g/mol. The number of rotatable bonds is 2. The van der Waals surface area contributed by atoms with E-state index in [1.165, 1.54) is 10.7 Å². The summed E-state index contributed by atoms with van der Waals surface area (Å²) in [5.74, 6) is 0. The fourth-order valence-electron chi connectivity index (χ4n) is 2.77. The zero-order valence-corrected chi connectivity index (χ0v) is 13.7. The van der Waals surface area contributed by atoms with Crippen molar-refractivity contribution in [1.29, 1.82) is 0 Å². The van der Waals surface area contributed by atoms with Crippen LogP contribution in [0.25, 0.3) is 28.1 Å². The molecule has 0 spiro atoms. The third-order valence-corrected chi connectivity index (χ3v) is 4.04. The minimum atomic E-state index is -4.42. The second-order valence-corrected chi connectivity index (χ2v) is 5.84. The molecule has 0 fully saturated rings. The van der Waals surface area contributed by atoms with Gasteiger partial charge in [0.25, 0.3) is 0 Å². The maximum atomic E-state index is 13.0. The van der Waals surface area contributed by atoms with Gasteiger partial charge in [0.15, 0.2) is 5.65 Å². The van der Waals surface area contributed by atoms with Crippen molar-refractivity contribution in [3.05, 3.63) is 72.1 Å². The summed E-state index contributed by atoms with van der Waals surface area (Å²) in [6.45, 7) is 1.75. The zero-order chi connectivity index (χ0) is 18.3. The van der Waals surface area contributed by atoms with Crippen molar-refractivity contribution >= 4 is 11.2 Å². The average Bonchev–Trinajstić information content (AvgIpc) is 2.98. The molecule has 4 rings (SSSR count). The van der Waals surface area contributed by atoms with Crippen molar-refractivity contribution in [2.45, 2.75) is 13.1 Å². The third-order valence-electron chi connectivity index (χ3n) is 4.04. The zero-order valence-electron chi connectivity index (χ0n) is 13.7. The van der Waals surface area contributed by atoms with Gasteiger partial charge in [0.2, 0.25) is 0 Å². The molecule has 0 aliphatic heterocycles. The topological polar surface area (TPSA) is 43.6 Å². The van der Waals surface area contributed by atoms with E-state index < -0.39 is 11.7 Å². The van der Waals surface area contributed by atoms with Crippen LogP contribution in [-0.2, 0) is 6.18 Å². The van der Waals surface area contributed by atoms with Gasteiger partial charge in [-0.1, -0.05) is 36.4 Å². The van der Waals surface area contributed by atoms with Crippen LogP contribution in [0.1, 0.15) is 11.3 Å². The van der Waals surface area contributed by atoms with Crippen molar-refractivity contribution in [3.8, 4) is 16.9 Å². The number of aryl methyl sites for hydroxylation is 1. The SMILES string of the molecule is Cc1nn(-c2cccc(C(F)(F)F)c2)c2nc(-c3ccccc3)cnc12. The summed E-state index contributed by atoms with van der Waals surface area (Å²) in [7, 11) is 0. The molecule has 0 unspecified atom stereocenters. The van der Waals surface area contributed by atoms with Crippen molar-refractivity contribution in [2.24, 2.45) is 0 Å². The maximum absolute atomic E-state index is 13.0. The largest absolute Gasteiger partial charge is 0.416 e. The van der Waals surface area contributed by atoms with Gasteiger partial charge in [-0.2, -0.15) is 18.3 Å². The van der Waals surface area contributed by atoms with Crippen LogP contribution in [0.4, 0.5) is 13.2 Å². The summed E-state index contributed by atoms with van der Waals surface area (Å²) >= 11 is 0. The summed E-state index contributed by atoms with van der Waals surface area (Å²) in [5.41, 5.74) is 2.64. The van der Waals surface area contributed by atoms with Crippen LogP contribution < -0.4 is 0 Å². The van der Waals surface area contributed by atoms with E-state index in [1.54, 1.807) is 19.2 Å². The lowest BCUT2D eigenvalue weighted by atomic mass is 10.1. The van der Waals surface area contributed by atoms with Gasteiger partial charge in [-0.25, -0.2) is 14.6 Å².